The number of nitrogens with zero attached hydrogens (tertiary/aromatic N) is 3. The molecule has 0 unspecified atom stereocenters. The summed E-state index contributed by atoms with van der Waals surface area (Å²) in [5.41, 5.74) is 1.47. The molecule has 4 rings (SSSR count). The Labute approximate surface area is 197 Å². The Kier molecular flexibility index (Phi) is 8.30. The van der Waals surface area contributed by atoms with Gasteiger partial charge in [-0.1, -0.05) is 23.7 Å². The molecular formula is C24H26ClFN4O3. The Morgan fingerprint density at radius 3 is 2.79 bits per heavy atom. The van der Waals surface area contributed by atoms with Crippen LogP contribution in [0, 0.1) is 5.82 Å². The van der Waals surface area contributed by atoms with Gasteiger partial charge in [0, 0.05) is 31.5 Å². The minimum absolute atomic E-state index is 0.225. The van der Waals surface area contributed by atoms with Crippen LogP contribution in [0.2, 0.25) is 5.02 Å². The molecule has 1 N–H and O–H groups in total. The highest BCUT2D eigenvalue weighted by Crippen LogP contribution is 2.29. The average Bonchev–Trinajstić information content (AvgIpc) is 2.82. The zero-order chi connectivity index (χ0) is 22.9. The van der Waals surface area contributed by atoms with Crippen LogP contribution in [0.5, 0.6) is 11.8 Å². The van der Waals surface area contributed by atoms with E-state index in [4.69, 9.17) is 25.8 Å². The van der Waals surface area contributed by atoms with E-state index in [0.717, 1.165) is 50.5 Å². The third-order valence-corrected chi connectivity index (χ3v) is 5.37. The molecule has 1 fully saturated rings. The molecule has 2 aromatic carbocycles. The van der Waals surface area contributed by atoms with Gasteiger partial charge >= 0.3 is 6.01 Å². The maximum absolute atomic E-state index is 13.3. The summed E-state index contributed by atoms with van der Waals surface area (Å²) in [6.45, 7) is 5.25. The number of anilines is 2. The number of hydrogen-bond donors (Lipinski definition) is 1. The first-order valence-corrected chi connectivity index (χ1v) is 11.2. The number of benzene rings is 2. The summed E-state index contributed by atoms with van der Waals surface area (Å²) in [7, 11) is 0. The minimum atomic E-state index is -0.299. The second-order valence-electron chi connectivity index (χ2n) is 7.57. The van der Waals surface area contributed by atoms with Gasteiger partial charge in [0.15, 0.2) is 0 Å². The van der Waals surface area contributed by atoms with Crippen molar-refractivity contribution in [3.05, 3.63) is 71.1 Å². The number of rotatable bonds is 10. The van der Waals surface area contributed by atoms with E-state index in [1.807, 2.05) is 6.07 Å². The molecule has 2 heterocycles. The molecule has 174 valence electrons. The van der Waals surface area contributed by atoms with Crippen LogP contribution in [0.25, 0.3) is 0 Å². The van der Waals surface area contributed by atoms with Gasteiger partial charge in [-0.15, -0.1) is 0 Å². The third-order valence-electron chi connectivity index (χ3n) is 5.07. The average molecular weight is 473 g/mol. The minimum Gasteiger partial charge on any atom is -0.487 e. The molecule has 1 saturated heterocycles. The van der Waals surface area contributed by atoms with E-state index in [0.29, 0.717) is 29.2 Å². The lowest BCUT2D eigenvalue weighted by Gasteiger charge is -2.26. The molecule has 3 aromatic rings. The Morgan fingerprint density at radius 1 is 1.09 bits per heavy atom. The van der Waals surface area contributed by atoms with E-state index in [1.165, 1.54) is 12.1 Å². The maximum atomic E-state index is 13.3. The van der Waals surface area contributed by atoms with Crippen LogP contribution in [-0.2, 0) is 11.3 Å². The third kappa shape index (κ3) is 7.28. The van der Waals surface area contributed by atoms with Crippen LogP contribution >= 0.6 is 11.6 Å². The second kappa shape index (κ2) is 11.8. The molecule has 1 aliphatic heterocycles. The smallest absolute Gasteiger partial charge is 0.318 e. The highest BCUT2D eigenvalue weighted by atomic mass is 35.5. The topological polar surface area (TPSA) is 68.7 Å². The summed E-state index contributed by atoms with van der Waals surface area (Å²) in [5.74, 6) is 0.808. The predicted molar refractivity (Wildman–Crippen MR) is 125 cm³/mol. The first-order valence-electron chi connectivity index (χ1n) is 10.9. The molecule has 33 heavy (non-hydrogen) atoms. The zero-order valence-electron chi connectivity index (χ0n) is 18.2. The van der Waals surface area contributed by atoms with Gasteiger partial charge in [-0.2, -0.15) is 4.98 Å². The number of nitrogens with one attached hydrogen (secondary N) is 1. The fourth-order valence-corrected chi connectivity index (χ4v) is 3.62. The van der Waals surface area contributed by atoms with Crippen molar-refractivity contribution in [1.82, 2.24) is 14.9 Å². The van der Waals surface area contributed by atoms with Crippen molar-refractivity contribution in [2.75, 3.05) is 44.8 Å². The monoisotopic (exact) mass is 472 g/mol. The van der Waals surface area contributed by atoms with Crippen LogP contribution in [-0.4, -0.2) is 54.3 Å². The van der Waals surface area contributed by atoms with E-state index in [-0.39, 0.29) is 12.4 Å². The van der Waals surface area contributed by atoms with E-state index in [1.54, 1.807) is 36.5 Å². The summed E-state index contributed by atoms with van der Waals surface area (Å²) < 4.78 is 30.1. The van der Waals surface area contributed by atoms with Gasteiger partial charge in [0.05, 0.1) is 24.8 Å². The van der Waals surface area contributed by atoms with Crippen molar-refractivity contribution in [3.8, 4) is 11.8 Å². The quantitative estimate of drug-likeness (QED) is 0.429. The lowest BCUT2D eigenvalue weighted by Crippen LogP contribution is -2.37. The Hall–Kier alpha value is -2.94. The van der Waals surface area contributed by atoms with Crippen LogP contribution in [0.1, 0.15) is 12.0 Å². The molecule has 7 nitrogen and oxygen atoms in total. The van der Waals surface area contributed by atoms with Gasteiger partial charge in [-0.3, -0.25) is 4.90 Å². The highest BCUT2D eigenvalue weighted by Gasteiger charge is 2.10. The summed E-state index contributed by atoms with van der Waals surface area (Å²) in [6, 6.07) is 13.7. The Balaban J connectivity index is 1.27. The highest BCUT2D eigenvalue weighted by molar-refractivity contribution is 6.32. The zero-order valence-corrected chi connectivity index (χ0v) is 18.9. The number of ether oxygens (including phenoxy) is 3. The normalized spacial score (nSPS) is 14.1. The van der Waals surface area contributed by atoms with Crippen molar-refractivity contribution in [2.24, 2.45) is 0 Å². The standard InChI is InChI=1S/C24H26ClFN4O3/c25-21-16-20(5-6-22(21)33-17-18-3-1-4-19(26)15-18)28-23-7-8-27-24(29-23)32-12-2-9-30-10-13-31-14-11-30/h1,3-8,15-16H,2,9-14,17H2,(H,27,28,29). The molecule has 0 amide bonds. The Morgan fingerprint density at radius 2 is 1.97 bits per heavy atom. The second-order valence-corrected chi connectivity index (χ2v) is 7.98. The lowest BCUT2D eigenvalue weighted by atomic mass is 10.2. The maximum Gasteiger partial charge on any atom is 0.318 e. The number of aromatic nitrogens is 2. The van der Waals surface area contributed by atoms with E-state index < -0.39 is 0 Å². The van der Waals surface area contributed by atoms with Crippen molar-refractivity contribution in [3.63, 3.8) is 0 Å². The van der Waals surface area contributed by atoms with Crippen molar-refractivity contribution in [2.45, 2.75) is 13.0 Å². The van der Waals surface area contributed by atoms with Gasteiger partial charge < -0.3 is 19.5 Å². The SMILES string of the molecule is Fc1cccc(COc2ccc(Nc3ccnc(OCCCN4CCOCC4)n3)cc2Cl)c1. The number of halogens is 2. The molecule has 0 spiro atoms. The molecule has 0 saturated carbocycles. The van der Waals surface area contributed by atoms with Crippen LogP contribution in [0.4, 0.5) is 15.9 Å². The van der Waals surface area contributed by atoms with Crippen molar-refractivity contribution >= 4 is 23.1 Å². The largest absolute Gasteiger partial charge is 0.487 e. The molecule has 0 atom stereocenters. The van der Waals surface area contributed by atoms with E-state index >= 15 is 0 Å². The van der Waals surface area contributed by atoms with Crippen molar-refractivity contribution in [1.29, 1.82) is 0 Å². The summed E-state index contributed by atoms with van der Waals surface area (Å²) >= 11 is 6.36. The number of morpholine rings is 1. The van der Waals surface area contributed by atoms with E-state index in [2.05, 4.69) is 20.2 Å². The number of hydrogen-bond acceptors (Lipinski definition) is 7. The summed E-state index contributed by atoms with van der Waals surface area (Å²) in [6.07, 6.45) is 2.54. The van der Waals surface area contributed by atoms with Gasteiger partial charge in [-0.05, 0) is 48.4 Å². The molecule has 1 aromatic heterocycles. The summed E-state index contributed by atoms with van der Waals surface area (Å²) in [4.78, 5) is 10.9. The molecule has 0 aliphatic carbocycles. The van der Waals surface area contributed by atoms with E-state index in [9.17, 15) is 4.39 Å². The van der Waals surface area contributed by atoms with Gasteiger partial charge in [-0.25, -0.2) is 9.37 Å². The Bertz CT molecular complexity index is 1050. The van der Waals surface area contributed by atoms with Gasteiger partial charge in [0.2, 0.25) is 0 Å². The molecule has 9 heteroatoms. The van der Waals surface area contributed by atoms with Crippen LogP contribution in [0.15, 0.2) is 54.7 Å². The fourth-order valence-electron chi connectivity index (χ4n) is 3.39. The van der Waals surface area contributed by atoms with Crippen LogP contribution in [0.3, 0.4) is 0 Å². The molecular weight excluding hydrogens is 447 g/mol. The first kappa shape index (κ1) is 23.2. The summed E-state index contributed by atoms with van der Waals surface area (Å²) in [5, 5.41) is 3.63. The van der Waals surface area contributed by atoms with Gasteiger partial charge in [0.1, 0.15) is 24.0 Å². The lowest BCUT2D eigenvalue weighted by molar-refractivity contribution is 0.0356. The molecule has 0 radical (unpaired) electrons. The fraction of sp³-hybridized carbons (Fsp3) is 0.333. The van der Waals surface area contributed by atoms with Crippen molar-refractivity contribution < 1.29 is 18.6 Å². The van der Waals surface area contributed by atoms with Crippen LogP contribution < -0.4 is 14.8 Å². The predicted octanol–water partition coefficient (Wildman–Crippen LogP) is 4.69. The van der Waals surface area contributed by atoms with Gasteiger partial charge in [0.25, 0.3) is 0 Å². The first-order chi connectivity index (χ1) is 16.2. The molecule has 1 aliphatic rings. The molecule has 0 bridgehead atoms.